The summed E-state index contributed by atoms with van der Waals surface area (Å²) in [5, 5.41) is 16.0. The largest absolute Gasteiger partial charge is 0.490 e. The van der Waals surface area contributed by atoms with Gasteiger partial charge in [-0.25, -0.2) is 0 Å². The van der Waals surface area contributed by atoms with Gasteiger partial charge in [-0.3, -0.25) is 0 Å². The molecule has 0 heterocycles. The number of benzene rings is 2. The van der Waals surface area contributed by atoms with Crippen LogP contribution >= 0.6 is 27.5 Å². The SMILES string of the molecule is CCOc1cc(CNCCCNCCO)cc(Br)c1OCc1cccc(Cl)c1. The molecule has 5 nitrogen and oxygen atoms in total. The van der Waals surface area contributed by atoms with Crippen LogP contribution in [-0.2, 0) is 13.2 Å². The smallest absolute Gasteiger partial charge is 0.175 e. The van der Waals surface area contributed by atoms with Crippen molar-refractivity contribution in [1.82, 2.24) is 10.6 Å². The van der Waals surface area contributed by atoms with Crippen LogP contribution < -0.4 is 20.1 Å². The Morgan fingerprint density at radius 3 is 2.61 bits per heavy atom. The van der Waals surface area contributed by atoms with Crippen molar-refractivity contribution in [2.75, 3.05) is 32.8 Å². The first kappa shape index (κ1) is 23.0. The van der Waals surface area contributed by atoms with Gasteiger partial charge in [0.1, 0.15) is 6.61 Å². The van der Waals surface area contributed by atoms with E-state index in [1.807, 2.05) is 43.3 Å². The van der Waals surface area contributed by atoms with Gasteiger partial charge in [-0.05, 0) is 77.8 Å². The van der Waals surface area contributed by atoms with Gasteiger partial charge >= 0.3 is 0 Å². The second kappa shape index (κ2) is 13.0. The zero-order valence-corrected chi connectivity index (χ0v) is 18.5. The molecule has 2 aromatic rings. The summed E-state index contributed by atoms with van der Waals surface area (Å²) in [7, 11) is 0. The number of nitrogens with one attached hydrogen (secondary N) is 2. The van der Waals surface area contributed by atoms with Crippen molar-refractivity contribution in [3.8, 4) is 11.5 Å². The van der Waals surface area contributed by atoms with Crippen LogP contribution in [0, 0.1) is 0 Å². The van der Waals surface area contributed by atoms with Gasteiger partial charge in [0.15, 0.2) is 11.5 Å². The van der Waals surface area contributed by atoms with Crippen molar-refractivity contribution < 1.29 is 14.6 Å². The molecular weight excluding hydrogens is 444 g/mol. The molecule has 2 rings (SSSR count). The first-order chi connectivity index (χ1) is 13.6. The van der Waals surface area contributed by atoms with E-state index in [2.05, 4.69) is 26.6 Å². The Hall–Kier alpha value is -1.31. The van der Waals surface area contributed by atoms with Crippen LogP contribution in [0.4, 0.5) is 0 Å². The highest BCUT2D eigenvalue weighted by Gasteiger charge is 2.13. The van der Waals surface area contributed by atoms with Gasteiger partial charge in [-0.2, -0.15) is 0 Å². The Balaban J connectivity index is 1.94. The van der Waals surface area contributed by atoms with E-state index in [1.165, 1.54) is 0 Å². The van der Waals surface area contributed by atoms with E-state index >= 15 is 0 Å². The maximum absolute atomic E-state index is 8.74. The molecule has 0 saturated carbocycles. The topological polar surface area (TPSA) is 62.8 Å². The molecule has 7 heteroatoms. The first-order valence-corrected chi connectivity index (χ1v) is 10.7. The van der Waals surface area contributed by atoms with Gasteiger partial charge in [0.2, 0.25) is 0 Å². The van der Waals surface area contributed by atoms with Crippen LogP contribution in [0.3, 0.4) is 0 Å². The third-order valence-electron chi connectivity index (χ3n) is 3.97. The van der Waals surface area contributed by atoms with Crippen molar-refractivity contribution in [3.63, 3.8) is 0 Å². The maximum atomic E-state index is 8.74. The van der Waals surface area contributed by atoms with E-state index < -0.39 is 0 Å². The molecule has 0 saturated heterocycles. The number of halogens is 2. The van der Waals surface area contributed by atoms with E-state index in [0.29, 0.717) is 30.5 Å². The zero-order valence-electron chi connectivity index (χ0n) is 16.1. The number of hydrogen-bond donors (Lipinski definition) is 3. The number of hydrogen-bond acceptors (Lipinski definition) is 5. The molecule has 0 aliphatic heterocycles. The minimum atomic E-state index is 0.174. The van der Waals surface area contributed by atoms with E-state index in [9.17, 15) is 0 Å². The minimum Gasteiger partial charge on any atom is -0.490 e. The number of aliphatic hydroxyl groups is 1. The predicted octanol–water partition coefficient (Wildman–Crippen LogP) is 4.14. The lowest BCUT2D eigenvalue weighted by molar-refractivity contribution is 0.267. The molecule has 0 spiro atoms. The average molecular weight is 472 g/mol. The second-order valence-electron chi connectivity index (χ2n) is 6.26. The lowest BCUT2D eigenvalue weighted by Gasteiger charge is -2.16. The van der Waals surface area contributed by atoms with Crippen LogP contribution in [0.15, 0.2) is 40.9 Å². The highest BCUT2D eigenvalue weighted by atomic mass is 79.9. The lowest BCUT2D eigenvalue weighted by Crippen LogP contribution is -2.23. The second-order valence-corrected chi connectivity index (χ2v) is 7.55. The van der Waals surface area contributed by atoms with Crippen molar-refractivity contribution >= 4 is 27.5 Å². The molecule has 0 unspecified atom stereocenters. The summed E-state index contributed by atoms with van der Waals surface area (Å²) in [6.07, 6.45) is 1.00. The van der Waals surface area contributed by atoms with Gasteiger partial charge in [0.05, 0.1) is 17.7 Å². The molecule has 0 atom stereocenters. The van der Waals surface area contributed by atoms with Crippen LogP contribution in [0.1, 0.15) is 24.5 Å². The van der Waals surface area contributed by atoms with E-state index in [4.69, 9.17) is 26.2 Å². The molecule has 0 aliphatic rings. The number of rotatable bonds is 13. The fourth-order valence-corrected chi connectivity index (χ4v) is 3.50. The third kappa shape index (κ3) is 7.97. The standard InChI is InChI=1S/C21H28BrClN2O3/c1-2-27-20-13-17(14-25-8-4-7-24-9-10-26)12-19(22)21(20)28-15-16-5-3-6-18(23)11-16/h3,5-6,11-13,24-26H,2,4,7-10,14-15H2,1H3. The zero-order chi connectivity index (χ0) is 20.2. The molecule has 0 aliphatic carbocycles. The van der Waals surface area contributed by atoms with Crippen LogP contribution in [0.2, 0.25) is 5.02 Å². The molecule has 0 radical (unpaired) electrons. The average Bonchev–Trinajstić information content (AvgIpc) is 2.67. The summed E-state index contributed by atoms with van der Waals surface area (Å²) >= 11 is 9.66. The normalized spacial score (nSPS) is 10.9. The number of ether oxygens (including phenoxy) is 2. The quantitative estimate of drug-likeness (QED) is 0.383. The Labute approximate surface area is 180 Å². The molecule has 28 heavy (non-hydrogen) atoms. The van der Waals surface area contributed by atoms with Crippen molar-refractivity contribution in [2.45, 2.75) is 26.5 Å². The Kier molecular flexibility index (Phi) is 10.7. The highest BCUT2D eigenvalue weighted by molar-refractivity contribution is 9.10. The lowest BCUT2D eigenvalue weighted by atomic mass is 10.2. The van der Waals surface area contributed by atoms with Gasteiger partial charge in [-0.15, -0.1) is 0 Å². The fourth-order valence-electron chi connectivity index (χ4n) is 2.68. The van der Waals surface area contributed by atoms with E-state index in [0.717, 1.165) is 47.4 Å². The highest BCUT2D eigenvalue weighted by Crippen LogP contribution is 2.37. The van der Waals surface area contributed by atoms with Gasteiger partial charge < -0.3 is 25.2 Å². The summed E-state index contributed by atoms with van der Waals surface area (Å²) in [4.78, 5) is 0. The summed E-state index contributed by atoms with van der Waals surface area (Å²) in [5.74, 6) is 1.42. The molecule has 2 aromatic carbocycles. The van der Waals surface area contributed by atoms with Crippen molar-refractivity contribution in [3.05, 3.63) is 57.0 Å². The molecule has 0 aromatic heterocycles. The molecular formula is C21H28BrClN2O3. The van der Waals surface area contributed by atoms with Crippen LogP contribution in [-0.4, -0.2) is 38.0 Å². The van der Waals surface area contributed by atoms with Crippen molar-refractivity contribution in [2.24, 2.45) is 0 Å². The monoisotopic (exact) mass is 470 g/mol. The fraction of sp³-hybridized carbons (Fsp3) is 0.429. The Morgan fingerprint density at radius 1 is 1.04 bits per heavy atom. The predicted molar refractivity (Wildman–Crippen MR) is 117 cm³/mol. The van der Waals surface area contributed by atoms with E-state index in [1.54, 1.807) is 0 Å². The first-order valence-electron chi connectivity index (χ1n) is 9.48. The van der Waals surface area contributed by atoms with E-state index in [-0.39, 0.29) is 6.61 Å². The van der Waals surface area contributed by atoms with Crippen molar-refractivity contribution in [1.29, 1.82) is 0 Å². The van der Waals surface area contributed by atoms with Gasteiger partial charge in [-0.1, -0.05) is 23.7 Å². The summed E-state index contributed by atoms with van der Waals surface area (Å²) in [6.45, 7) is 6.27. The summed E-state index contributed by atoms with van der Waals surface area (Å²) < 4.78 is 12.7. The minimum absolute atomic E-state index is 0.174. The molecule has 154 valence electrons. The molecule has 3 N–H and O–H groups in total. The Bertz CT molecular complexity index is 731. The molecule has 0 amide bonds. The number of aliphatic hydroxyl groups excluding tert-OH is 1. The third-order valence-corrected chi connectivity index (χ3v) is 4.79. The van der Waals surface area contributed by atoms with Crippen LogP contribution in [0.25, 0.3) is 0 Å². The van der Waals surface area contributed by atoms with Crippen LogP contribution in [0.5, 0.6) is 11.5 Å². The summed E-state index contributed by atoms with van der Waals surface area (Å²) in [5.41, 5.74) is 2.12. The Morgan fingerprint density at radius 2 is 1.86 bits per heavy atom. The summed E-state index contributed by atoms with van der Waals surface area (Å²) in [6, 6.07) is 11.7. The molecule has 0 bridgehead atoms. The van der Waals surface area contributed by atoms with Gasteiger partial charge in [0.25, 0.3) is 0 Å². The maximum Gasteiger partial charge on any atom is 0.175 e. The van der Waals surface area contributed by atoms with Gasteiger partial charge in [0, 0.05) is 18.1 Å². The molecule has 0 fully saturated rings.